The quantitative estimate of drug-likeness (QED) is 0.580. The van der Waals surface area contributed by atoms with E-state index in [0.717, 1.165) is 19.0 Å². The first-order chi connectivity index (χ1) is 9.24. The lowest BCUT2D eigenvalue weighted by atomic mass is 10.1. The lowest BCUT2D eigenvalue weighted by Gasteiger charge is -2.12. The van der Waals surface area contributed by atoms with Crippen molar-refractivity contribution in [1.82, 2.24) is 5.32 Å². The molecule has 1 atom stereocenters. The zero-order valence-electron chi connectivity index (χ0n) is 13.1. The van der Waals surface area contributed by atoms with Gasteiger partial charge in [0.25, 0.3) is 0 Å². The Labute approximate surface area is 124 Å². The third-order valence-electron chi connectivity index (χ3n) is 3.73. The van der Waals surface area contributed by atoms with Crippen LogP contribution in [-0.4, -0.2) is 23.5 Å². The molecule has 0 amide bonds. The van der Waals surface area contributed by atoms with Crippen LogP contribution < -0.4 is 5.32 Å². The molecule has 0 fully saturated rings. The van der Waals surface area contributed by atoms with Crippen LogP contribution in [0.1, 0.15) is 72.1 Å². The van der Waals surface area contributed by atoms with Crippen molar-refractivity contribution in [3.63, 3.8) is 0 Å². The van der Waals surface area contributed by atoms with Gasteiger partial charge in [-0.1, -0.05) is 77.5 Å². The van der Waals surface area contributed by atoms with Crippen molar-refractivity contribution in [3.8, 4) is 0 Å². The van der Waals surface area contributed by atoms with Gasteiger partial charge in [-0.25, -0.2) is 0 Å². The molecule has 1 N–H and O–H groups in total. The van der Waals surface area contributed by atoms with E-state index in [0.29, 0.717) is 5.25 Å². The molecule has 19 heavy (non-hydrogen) atoms. The zero-order chi connectivity index (χ0) is 13.9. The largest absolute Gasteiger partial charge is 0.365 e. The maximum atomic E-state index is 4.57. The summed E-state index contributed by atoms with van der Waals surface area (Å²) in [5.74, 6) is 0.733. The highest BCUT2D eigenvalue weighted by Crippen LogP contribution is 2.25. The van der Waals surface area contributed by atoms with E-state index in [4.69, 9.17) is 0 Å². The van der Waals surface area contributed by atoms with Gasteiger partial charge in [0, 0.05) is 11.8 Å². The number of amidine groups is 1. The van der Waals surface area contributed by atoms with Gasteiger partial charge in [0.1, 0.15) is 0 Å². The minimum absolute atomic E-state index is 0.695. The van der Waals surface area contributed by atoms with Gasteiger partial charge in [0.2, 0.25) is 0 Å². The number of unbranched alkanes of at least 4 members (excludes halogenated alkanes) is 7. The molecule has 1 aliphatic heterocycles. The molecule has 0 aromatic carbocycles. The van der Waals surface area contributed by atoms with Gasteiger partial charge in [-0.2, -0.15) is 0 Å². The Morgan fingerprint density at radius 3 is 2.32 bits per heavy atom. The van der Waals surface area contributed by atoms with Crippen molar-refractivity contribution in [3.05, 3.63) is 0 Å². The zero-order valence-corrected chi connectivity index (χ0v) is 13.9. The fourth-order valence-electron chi connectivity index (χ4n) is 2.29. The van der Waals surface area contributed by atoms with Crippen LogP contribution in [0.3, 0.4) is 0 Å². The fourth-order valence-corrected chi connectivity index (χ4v) is 3.33. The van der Waals surface area contributed by atoms with Crippen LogP contribution in [0.5, 0.6) is 0 Å². The Balaban J connectivity index is 1.86. The molecule has 1 heterocycles. The maximum absolute atomic E-state index is 4.57. The van der Waals surface area contributed by atoms with Crippen molar-refractivity contribution in [1.29, 1.82) is 0 Å². The van der Waals surface area contributed by atoms with Crippen LogP contribution in [-0.2, 0) is 0 Å². The predicted molar refractivity (Wildman–Crippen MR) is 89.1 cm³/mol. The number of rotatable bonds is 10. The summed E-state index contributed by atoms with van der Waals surface area (Å²) in [5, 5.41) is 5.37. The van der Waals surface area contributed by atoms with E-state index in [1.54, 1.807) is 0 Å². The minimum Gasteiger partial charge on any atom is -0.365 e. The summed E-state index contributed by atoms with van der Waals surface area (Å²) < 4.78 is 0. The first-order valence-electron chi connectivity index (χ1n) is 8.19. The van der Waals surface area contributed by atoms with Crippen LogP contribution >= 0.6 is 11.8 Å². The minimum atomic E-state index is 0.695. The molecular weight excluding hydrogens is 252 g/mol. The molecule has 0 saturated carbocycles. The highest BCUT2D eigenvalue weighted by molar-refractivity contribution is 8.14. The molecular formula is C16H32N2S. The normalized spacial score (nSPS) is 18.9. The molecule has 0 bridgehead atoms. The highest BCUT2D eigenvalue weighted by atomic mass is 32.2. The average Bonchev–Trinajstić information content (AvgIpc) is 2.86. The van der Waals surface area contributed by atoms with Gasteiger partial charge in [-0.05, 0) is 12.3 Å². The Morgan fingerprint density at radius 1 is 1.11 bits per heavy atom. The van der Waals surface area contributed by atoms with Crippen molar-refractivity contribution >= 4 is 16.9 Å². The van der Waals surface area contributed by atoms with Crippen molar-refractivity contribution in [2.45, 2.75) is 77.4 Å². The molecule has 1 rings (SSSR count). The third kappa shape index (κ3) is 7.86. The van der Waals surface area contributed by atoms with Gasteiger partial charge >= 0.3 is 0 Å². The predicted octanol–water partition coefficient (Wildman–Crippen LogP) is 4.84. The molecule has 112 valence electrons. The van der Waals surface area contributed by atoms with E-state index >= 15 is 0 Å². The molecule has 0 aliphatic carbocycles. The molecule has 0 aromatic rings. The van der Waals surface area contributed by atoms with Gasteiger partial charge in [0.15, 0.2) is 5.17 Å². The number of aliphatic imine (C=N–C) groups is 1. The summed E-state index contributed by atoms with van der Waals surface area (Å²) >= 11 is 1.94. The summed E-state index contributed by atoms with van der Waals surface area (Å²) in [7, 11) is 0. The van der Waals surface area contributed by atoms with Crippen LogP contribution in [0.4, 0.5) is 0 Å². The lowest BCUT2D eigenvalue weighted by molar-refractivity contribution is 0.573. The van der Waals surface area contributed by atoms with Crippen LogP contribution in [0.15, 0.2) is 4.99 Å². The van der Waals surface area contributed by atoms with Crippen molar-refractivity contribution in [2.24, 2.45) is 10.9 Å². The van der Waals surface area contributed by atoms with Gasteiger partial charge in [-0.3, -0.25) is 4.99 Å². The number of thioether (sulfide) groups is 1. The first-order valence-corrected chi connectivity index (χ1v) is 9.07. The number of nitrogens with one attached hydrogen (secondary N) is 1. The van der Waals surface area contributed by atoms with E-state index in [1.165, 1.54) is 56.5 Å². The smallest absolute Gasteiger partial charge is 0.156 e. The standard InChI is InChI=1S/C16H32N2S/c1-4-5-6-7-8-9-10-11-12-17-16-18-13-15(19-16)14(2)3/h14-15H,4-13H2,1-3H3,(H,17,18). The molecule has 0 radical (unpaired) electrons. The average molecular weight is 285 g/mol. The van der Waals surface area contributed by atoms with Gasteiger partial charge in [-0.15, -0.1) is 0 Å². The molecule has 2 nitrogen and oxygen atoms in total. The highest BCUT2D eigenvalue weighted by Gasteiger charge is 2.21. The molecule has 0 aromatic heterocycles. The van der Waals surface area contributed by atoms with E-state index in [1.807, 2.05) is 11.8 Å². The summed E-state index contributed by atoms with van der Waals surface area (Å²) in [6.07, 6.45) is 11.1. The molecule has 3 heteroatoms. The van der Waals surface area contributed by atoms with Crippen molar-refractivity contribution < 1.29 is 0 Å². The second-order valence-corrected chi connectivity index (χ2v) is 7.18. The fraction of sp³-hybridized carbons (Fsp3) is 0.938. The number of nitrogens with zero attached hydrogens (tertiary/aromatic N) is 1. The first kappa shape index (κ1) is 16.9. The topological polar surface area (TPSA) is 24.4 Å². The van der Waals surface area contributed by atoms with Crippen LogP contribution in [0.2, 0.25) is 0 Å². The third-order valence-corrected chi connectivity index (χ3v) is 5.22. The Morgan fingerprint density at radius 2 is 1.74 bits per heavy atom. The van der Waals surface area contributed by atoms with Gasteiger partial charge in [0.05, 0.1) is 6.54 Å². The number of hydrogen-bond acceptors (Lipinski definition) is 3. The van der Waals surface area contributed by atoms with E-state index < -0.39 is 0 Å². The lowest BCUT2D eigenvalue weighted by Crippen LogP contribution is -2.21. The Kier molecular flexibility index (Phi) is 9.40. The summed E-state index contributed by atoms with van der Waals surface area (Å²) in [4.78, 5) is 4.57. The van der Waals surface area contributed by atoms with Gasteiger partial charge < -0.3 is 5.32 Å². The van der Waals surface area contributed by atoms with E-state index in [-0.39, 0.29) is 0 Å². The van der Waals surface area contributed by atoms with Crippen LogP contribution in [0.25, 0.3) is 0 Å². The SMILES string of the molecule is CCCCCCCCCCNC1=NCC(C(C)C)S1. The second kappa shape index (κ2) is 10.6. The maximum Gasteiger partial charge on any atom is 0.156 e. The summed E-state index contributed by atoms with van der Waals surface area (Å²) in [6, 6.07) is 0. The van der Waals surface area contributed by atoms with E-state index in [2.05, 4.69) is 31.1 Å². The molecule has 1 unspecified atom stereocenters. The van der Waals surface area contributed by atoms with E-state index in [9.17, 15) is 0 Å². The molecule has 1 aliphatic rings. The number of hydrogen-bond donors (Lipinski definition) is 1. The molecule has 0 saturated heterocycles. The second-order valence-electron chi connectivity index (χ2n) is 5.95. The van der Waals surface area contributed by atoms with Crippen molar-refractivity contribution in [2.75, 3.05) is 13.1 Å². The monoisotopic (exact) mass is 284 g/mol. The Bertz CT molecular complexity index is 251. The summed E-state index contributed by atoms with van der Waals surface area (Å²) in [6.45, 7) is 8.95. The Hall–Kier alpha value is -0.180. The summed E-state index contributed by atoms with van der Waals surface area (Å²) in [5.41, 5.74) is 0. The molecule has 0 spiro atoms. The van der Waals surface area contributed by atoms with Crippen LogP contribution in [0, 0.1) is 5.92 Å².